The molecule has 2 aromatic rings. The van der Waals surface area contributed by atoms with Crippen LogP contribution in [0.25, 0.3) is 0 Å². The van der Waals surface area contributed by atoms with E-state index < -0.39 is 10.8 Å². The molecule has 3 nitrogen and oxygen atoms in total. The summed E-state index contributed by atoms with van der Waals surface area (Å²) < 4.78 is 11.3. The molecule has 0 bridgehead atoms. The summed E-state index contributed by atoms with van der Waals surface area (Å²) in [4.78, 5) is 13.3. The number of hydrogen-bond acceptors (Lipinski definition) is 3. The molecule has 0 aromatic heterocycles. The van der Waals surface area contributed by atoms with Crippen molar-refractivity contribution in [3.63, 3.8) is 0 Å². The summed E-state index contributed by atoms with van der Waals surface area (Å²) in [5, 5.41) is 0. The van der Waals surface area contributed by atoms with Crippen LogP contribution in [0, 0.1) is 11.3 Å². The van der Waals surface area contributed by atoms with E-state index in [1.807, 2.05) is 50.2 Å². The minimum absolute atomic E-state index is 0.0789. The van der Waals surface area contributed by atoms with E-state index >= 15 is 0 Å². The Bertz CT molecular complexity index is 753. The Labute approximate surface area is 163 Å². The fourth-order valence-electron chi connectivity index (χ4n) is 4.04. The molecule has 146 valence electrons. The predicted molar refractivity (Wildman–Crippen MR) is 110 cm³/mol. The van der Waals surface area contributed by atoms with Gasteiger partial charge in [-0.2, -0.15) is 0 Å². The van der Waals surface area contributed by atoms with E-state index in [9.17, 15) is 4.79 Å². The SMILES string of the molecule is CCOC(=O)C(C)(C(C)C)C(C)(Cc1ccccc1)c1ccccc1OC. The van der Waals surface area contributed by atoms with Gasteiger partial charge < -0.3 is 9.47 Å². The van der Waals surface area contributed by atoms with Gasteiger partial charge >= 0.3 is 5.97 Å². The largest absolute Gasteiger partial charge is 0.496 e. The van der Waals surface area contributed by atoms with E-state index in [1.54, 1.807) is 7.11 Å². The lowest BCUT2D eigenvalue weighted by Crippen LogP contribution is -2.52. The van der Waals surface area contributed by atoms with Crippen LogP contribution < -0.4 is 4.74 Å². The lowest BCUT2D eigenvalue weighted by molar-refractivity contribution is -0.163. The molecule has 0 saturated carbocycles. The smallest absolute Gasteiger partial charge is 0.312 e. The molecule has 0 radical (unpaired) electrons. The highest BCUT2D eigenvalue weighted by molar-refractivity contribution is 5.79. The number of esters is 1. The van der Waals surface area contributed by atoms with Crippen molar-refractivity contribution in [1.29, 1.82) is 0 Å². The van der Waals surface area contributed by atoms with Gasteiger partial charge in [-0.1, -0.05) is 69.3 Å². The van der Waals surface area contributed by atoms with Crippen molar-refractivity contribution >= 4 is 5.97 Å². The van der Waals surface area contributed by atoms with Gasteiger partial charge in [0.15, 0.2) is 0 Å². The molecule has 2 rings (SSSR count). The van der Waals surface area contributed by atoms with Gasteiger partial charge in [0, 0.05) is 11.0 Å². The zero-order valence-electron chi connectivity index (χ0n) is 17.4. The van der Waals surface area contributed by atoms with Crippen molar-refractivity contribution in [3.05, 3.63) is 65.7 Å². The van der Waals surface area contributed by atoms with Gasteiger partial charge in [-0.15, -0.1) is 0 Å². The molecule has 3 heteroatoms. The molecule has 0 heterocycles. The second-order valence-corrected chi connectivity index (χ2v) is 7.77. The van der Waals surface area contributed by atoms with Crippen LogP contribution in [0.1, 0.15) is 45.7 Å². The Morgan fingerprint density at radius 1 is 1.00 bits per heavy atom. The first-order chi connectivity index (χ1) is 12.8. The highest BCUT2D eigenvalue weighted by Crippen LogP contribution is 2.52. The number of hydrogen-bond donors (Lipinski definition) is 0. The summed E-state index contributed by atoms with van der Waals surface area (Å²) in [6.07, 6.45) is 0.710. The Morgan fingerprint density at radius 3 is 2.15 bits per heavy atom. The summed E-state index contributed by atoms with van der Waals surface area (Å²) in [6.45, 7) is 10.6. The highest BCUT2D eigenvalue weighted by atomic mass is 16.5. The molecule has 0 aliphatic carbocycles. The Morgan fingerprint density at radius 2 is 1.59 bits per heavy atom. The fraction of sp³-hybridized carbons (Fsp3) is 0.458. The Balaban J connectivity index is 2.72. The van der Waals surface area contributed by atoms with Crippen molar-refractivity contribution in [2.45, 2.75) is 46.5 Å². The van der Waals surface area contributed by atoms with Gasteiger partial charge in [0.05, 0.1) is 19.1 Å². The van der Waals surface area contributed by atoms with Gasteiger partial charge in [-0.3, -0.25) is 4.79 Å². The van der Waals surface area contributed by atoms with Crippen LogP contribution in [0.5, 0.6) is 5.75 Å². The van der Waals surface area contributed by atoms with Gasteiger partial charge in [-0.25, -0.2) is 0 Å². The van der Waals surface area contributed by atoms with E-state index in [-0.39, 0.29) is 11.9 Å². The summed E-state index contributed by atoms with van der Waals surface area (Å²) in [6, 6.07) is 18.3. The highest BCUT2D eigenvalue weighted by Gasteiger charge is 2.55. The summed E-state index contributed by atoms with van der Waals surface area (Å²) in [5.74, 6) is 0.714. The normalized spacial score (nSPS) is 15.7. The van der Waals surface area contributed by atoms with Gasteiger partial charge in [0.2, 0.25) is 0 Å². The van der Waals surface area contributed by atoms with E-state index in [4.69, 9.17) is 9.47 Å². The molecule has 0 saturated heterocycles. The summed E-state index contributed by atoms with van der Waals surface area (Å²) in [5.41, 5.74) is 0.970. The first kappa shape index (κ1) is 21.0. The number of carbonyl (C=O) groups excluding carboxylic acids is 1. The lowest BCUT2D eigenvalue weighted by Gasteiger charge is -2.48. The Kier molecular flexibility index (Phi) is 6.69. The molecule has 2 unspecified atom stereocenters. The molecule has 0 spiro atoms. The van der Waals surface area contributed by atoms with Crippen molar-refractivity contribution in [2.75, 3.05) is 13.7 Å². The molecule has 27 heavy (non-hydrogen) atoms. The molecular weight excluding hydrogens is 336 g/mol. The van der Waals surface area contributed by atoms with E-state index in [0.717, 1.165) is 11.3 Å². The number of carbonyl (C=O) groups is 1. The summed E-state index contributed by atoms with van der Waals surface area (Å²) in [7, 11) is 1.68. The van der Waals surface area contributed by atoms with Crippen LogP contribution in [0.2, 0.25) is 0 Å². The lowest BCUT2D eigenvalue weighted by atomic mass is 9.54. The van der Waals surface area contributed by atoms with Crippen LogP contribution in [-0.2, 0) is 21.4 Å². The maximum absolute atomic E-state index is 13.3. The van der Waals surface area contributed by atoms with E-state index in [0.29, 0.717) is 13.0 Å². The van der Waals surface area contributed by atoms with Crippen molar-refractivity contribution in [2.24, 2.45) is 11.3 Å². The zero-order chi connectivity index (χ0) is 20.1. The third-order valence-corrected chi connectivity index (χ3v) is 6.10. The minimum Gasteiger partial charge on any atom is -0.496 e. The molecule has 0 aliphatic rings. The second kappa shape index (κ2) is 8.60. The first-order valence-corrected chi connectivity index (χ1v) is 9.65. The van der Waals surface area contributed by atoms with Crippen molar-refractivity contribution in [3.8, 4) is 5.75 Å². The Hall–Kier alpha value is -2.29. The average Bonchev–Trinajstić information content (AvgIpc) is 2.67. The standard InChI is InChI=1S/C24H32O3/c1-7-27-22(25)24(5,18(2)3)23(4,17-19-13-9-8-10-14-19)20-15-11-12-16-21(20)26-6/h8-16,18H,7,17H2,1-6H3. The molecular formula is C24H32O3. The summed E-state index contributed by atoms with van der Waals surface area (Å²) >= 11 is 0. The number of benzene rings is 2. The molecule has 0 aliphatic heterocycles. The molecule has 0 N–H and O–H groups in total. The number of methoxy groups -OCH3 is 1. The van der Waals surface area contributed by atoms with Crippen LogP contribution in [-0.4, -0.2) is 19.7 Å². The van der Waals surface area contributed by atoms with Crippen LogP contribution in [0.4, 0.5) is 0 Å². The van der Waals surface area contributed by atoms with Crippen molar-refractivity contribution in [1.82, 2.24) is 0 Å². The topological polar surface area (TPSA) is 35.5 Å². The van der Waals surface area contributed by atoms with Gasteiger partial charge in [0.1, 0.15) is 5.75 Å². The number of rotatable bonds is 8. The van der Waals surface area contributed by atoms with Gasteiger partial charge in [-0.05, 0) is 37.8 Å². The van der Waals surface area contributed by atoms with Crippen LogP contribution in [0.15, 0.2) is 54.6 Å². The quantitative estimate of drug-likeness (QED) is 0.584. The number of para-hydroxylation sites is 1. The minimum atomic E-state index is -0.729. The van der Waals surface area contributed by atoms with Crippen molar-refractivity contribution < 1.29 is 14.3 Å². The fourth-order valence-corrected chi connectivity index (χ4v) is 4.04. The maximum Gasteiger partial charge on any atom is 0.312 e. The third kappa shape index (κ3) is 3.87. The predicted octanol–water partition coefficient (Wildman–Crippen LogP) is 5.42. The third-order valence-electron chi connectivity index (χ3n) is 6.10. The van der Waals surface area contributed by atoms with E-state index in [1.165, 1.54) is 5.56 Å². The average molecular weight is 369 g/mol. The number of ether oxygens (including phenoxy) is 2. The first-order valence-electron chi connectivity index (χ1n) is 9.65. The maximum atomic E-state index is 13.3. The second-order valence-electron chi connectivity index (χ2n) is 7.77. The zero-order valence-corrected chi connectivity index (χ0v) is 17.4. The van der Waals surface area contributed by atoms with E-state index in [2.05, 4.69) is 39.0 Å². The van der Waals surface area contributed by atoms with Crippen LogP contribution >= 0.6 is 0 Å². The molecule has 0 fully saturated rings. The molecule has 2 atom stereocenters. The molecule has 2 aromatic carbocycles. The molecule has 0 amide bonds. The van der Waals surface area contributed by atoms with Crippen LogP contribution in [0.3, 0.4) is 0 Å². The monoisotopic (exact) mass is 368 g/mol. The van der Waals surface area contributed by atoms with Gasteiger partial charge in [0.25, 0.3) is 0 Å².